The first kappa shape index (κ1) is 12.9. The van der Waals surface area contributed by atoms with Crippen LogP contribution in [0.3, 0.4) is 0 Å². The summed E-state index contributed by atoms with van der Waals surface area (Å²) < 4.78 is 0. The van der Waals surface area contributed by atoms with E-state index in [0.29, 0.717) is 17.5 Å². The van der Waals surface area contributed by atoms with Gasteiger partial charge in [0.05, 0.1) is 5.56 Å². The number of hydrogen-bond acceptors (Lipinski definition) is 3. The molecule has 2 rings (SSSR count). The number of hydrogen-bond donors (Lipinski definition) is 1. The van der Waals surface area contributed by atoms with Crippen molar-refractivity contribution in [3.63, 3.8) is 0 Å². The summed E-state index contributed by atoms with van der Waals surface area (Å²) in [5.74, 6) is 0.480. The maximum atomic E-state index is 11.1. The van der Waals surface area contributed by atoms with E-state index in [2.05, 4.69) is 23.7 Å². The molecule has 1 aromatic rings. The first-order chi connectivity index (χ1) is 8.49. The van der Waals surface area contributed by atoms with E-state index >= 15 is 0 Å². The van der Waals surface area contributed by atoms with E-state index in [4.69, 9.17) is 5.11 Å². The highest BCUT2D eigenvalue weighted by atomic mass is 16.4. The Morgan fingerprint density at radius 3 is 2.83 bits per heavy atom. The van der Waals surface area contributed by atoms with E-state index in [1.165, 1.54) is 0 Å². The van der Waals surface area contributed by atoms with Gasteiger partial charge in [-0.1, -0.05) is 13.8 Å². The Balaban J connectivity index is 2.35. The Bertz CT molecular complexity index is 457. The molecule has 1 atom stereocenters. The molecule has 1 fully saturated rings. The number of nitrogens with zero attached hydrogens (tertiary/aromatic N) is 2. The molecule has 2 heterocycles. The predicted octanol–water partition coefficient (Wildman–Crippen LogP) is 2.71. The van der Waals surface area contributed by atoms with Crippen molar-refractivity contribution in [2.45, 2.75) is 39.7 Å². The molecule has 1 unspecified atom stereocenters. The Kier molecular flexibility index (Phi) is 3.55. The van der Waals surface area contributed by atoms with Crippen molar-refractivity contribution in [1.82, 2.24) is 4.98 Å². The van der Waals surface area contributed by atoms with Gasteiger partial charge in [-0.05, 0) is 37.8 Å². The Hall–Kier alpha value is -1.58. The van der Waals surface area contributed by atoms with Crippen molar-refractivity contribution in [2.75, 3.05) is 11.4 Å². The van der Waals surface area contributed by atoms with Gasteiger partial charge < -0.3 is 10.0 Å². The van der Waals surface area contributed by atoms with Gasteiger partial charge >= 0.3 is 5.97 Å². The quantitative estimate of drug-likeness (QED) is 0.893. The maximum Gasteiger partial charge on any atom is 0.335 e. The van der Waals surface area contributed by atoms with Crippen molar-refractivity contribution in [2.24, 2.45) is 5.92 Å². The van der Waals surface area contributed by atoms with E-state index < -0.39 is 5.97 Å². The Morgan fingerprint density at radius 1 is 1.50 bits per heavy atom. The molecule has 1 aromatic heterocycles. The molecular weight excluding hydrogens is 228 g/mol. The lowest BCUT2D eigenvalue weighted by atomic mass is 10.0. The SMILES string of the molecule is Cc1cc(C(=O)O)cc(N2CCCC2C(C)C)n1. The van der Waals surface area contributed by atoms with Crippen LogP contribution < -0.4 is 4.90 Å². The van der Waals surface area contributed by atoms with E-state index in [0.717, 1.165) is 30.9 Å². The fourth-order valence-electron chi connectivity index (χ4n) is 2.69. The molecule has 0 amide bonds. The molecule has 0 radical (unpaired) electrons. The number of pyridine rings is 1. The minimum atomic E-state index is -0.887. The topological polar surface area (TPSA) is 53.4 Å². The van der Waals surface area contributed by atoms with E-state index in [9.17, 15) is 4.79 Å². The van der Waals surface area contributed by atoms with Crippen molar-refractivity contribution in [3.05, 3.63) is 23.4 Å². The highest BCUT2D eigenvalue weighted by molar-refractivity contribution is 5.88. The molecule has 0 bridgehead atoms. The molecule has 18 heavy (non-hydrogen) atoms. The van der Waals surface area contributed by atoms with Crippen LogP contribution in [0.15, 0.2) is 12.1 Å². The second kappa shape index (κ2) is 4.96. The molecule has 4 nitrogen and oxygen atoms in total. The van der Waals surface area contributed by atoms with Crippen LogP contribution in [-0.2, 0) is 0 Å². The first-order valence-corrected chi connectivity index (χ1v) is 6.47. The zero-order valence-corrected chi connectivity index (χ0v) is 11.2. The molecule has 1 saturated heterocycles. The van der Waals surface area contributed by atoms with Gasteiger partial charge in [0.2, 0.25) is 0 Å². The number of aryl methyl sites for hydroxylation is 1. The lowest BCUT2D eigenvalue weighted by Gasteiger charge is -2.29. The Morgan fingerprint density at radius 2 is 2.22 bits per heavy atom. The van der Waals surface area contributed by atoms with Crippen LogP contribution in [0.5, 0.6) is 0 Å². The summed E-state index contributed by atoms with van der Waals surface area (Å²) in [5.41, 5.74) is 1.09. The van der Waals surface area contributed by atoms with Crippen LogP contribution in [0, 0.1) is 12.8 Å². The summed E-state index contributed by atoms with van der Waals surface area (Å²) >= 11 is 0. The number of aromatic carboxylic acids is 1. The molecule has 0 aromatic carbocycles. The summed E-state index contributed by atoms with van der Waals surface area (Å²) in [6.45, 7) is 7.22. The van der Waals surface area contributed by atoms with Gasteiger partial charge in [0.25, 0.3) is 0 Å². The predicted molar refractivity (Wildman–Crippen MR) is 71.1 cm³/mol. The molecule has 0 spiro atoms. The van der Waals surface area contributed by atoms with Gasteiger partial charge in [-0.15, -0.1) is 0 Å². The van der Waals surface area contributed by atoms with Crippen molar-refractivity contribution in [1.29, 1.82) is 0 Å². The molecule has 98 valence electrons. The molecule has 1 aliphatic heterocycles. The normalized spacial score (nSPS) is 19.6. The lowest BCUT2D eigenvalue weighted by molar-refractivity contribution is 0.0696. The van der Waals surface area contributed by atoms with E-state index in [1.807, 2.05) is 6.92 Å². The highest BCUT2D eigenvalue weighted by Gasteiger charge is 2.28. The lowest BCUT2D eigenvalue weighted by Crippen LogP contribution is -2.34. The maximum absolute atomic E-state index is 11.1. The number of rotatable bonds is 3. The van der Waals surface area contributed by atoms with Crippen LogP contribution in [0.4, 0.5) is 5.82 Å². The summed E-state index contributed by atoms with van der Waals surface area (Å²) in [6, 6.07) is 3.78. The average Bonchev–Trinajstić information content (AvgIpc) is 2.76. The molecule has 0 saturated carbocycles. The van der Waals surface area contributed by atoms with E-state index in [-0.39, 0.29) is 0 Å². The first-order valence-electron chi connectivity index (χ1n) is 6.47. The summed E-state index contributed by atoms with van der Waals surface area (Å²) in [4.78, 5) is 17.8. The van der Waals surface area contributed by atoms with Crippen molar-refractivity contribution >= 4 is 11.8 Å². The minimum Gasteiger partial charge on any atom is -0.478 e. The smallest absolute Gasteiger partial charge is 0.335 e. The van der Waals surface area contributed by atoms with Gasteiger partial charge in [-0.25, -0.2) is 9.78 Å². The number of aromatic nitrogens is 1. The number of carboxylic acids is 1. The average molecular weight is 248 g/mol. The fraction of sp³-hybridized carbons (Fsp3) is 0.571. The third kappa shape index (κ3) is 2.47. The second-order valence-electron chi connectivity index (χ2n) is 5.31. The van der Waals surface area contributed by atoms with Crippen LogP contribution >= 0.6 is 0 Å². The van der Waals surface area contributed by atoms with Gasteiger partial charge in [0.1, 0.15) is 5.82 Å². The molecule has 1 N–H and O–H groups in total. The number of anilines is 1. The standard InChI is InChI=1S/C14H20N2O2/c1-9(2)12-5-4-6-16(12)13-8-11(14(17)18)7-10(3)15-13/h7-9,12H,4-6H2,1-3H3,(H,17,18). The van der Waals surface area contributed by atoms with Gasteiger partial charge in [-0.3, -0.25) is 0 Å². The second-order valence-corrected chi connectivity index (χ2v) is 5.31. The Labute approximate surface area is 108 Å². The molecular formula is C14H20N2O2. The zero-order chi connectivity index (χ0) is 13.3. The third-order valence-electron chi connectivity index (χ3n) is 3.55. The van der Waals surface area contributed by atoms with Gasteiger partial charge in [0.15, 0.2) is 0 Å². The van der Waals surface area contributed by atoms with Crippen LogP contribution in [0.2, 0.25) is 0 Å². The highest BCUT2D eigenvalue weighted by Crippen LogP contribution is 2.29. The van der Waals surface area contributed by atoms with Crippen molar-refractivity contribution in [3.8, 4) is 0 Å². The summed E-state index contributed by atoms with van der Waals surface area (Å²) in [7, 11) is 0. The van der Waals surface area contributed by atoms with Crippen molar-refractivity contribution < 1.29 is 9.90 Å². The van der Waals surface area contributed by atoms with Gasteiger partial charge in [0, 0.05) is 18.3 Å². The molecule has 1 aliphatic rings. The van der Waals surface area contributed by atoms with Crippen LogP contribution in [0.1, 0.15) is 42.7 Å². The number of carbonyl (C=O) groups is 1. The molecule has 0 aliphatic carbocycles. The fourth-order valence-corrected chi connectivity index (χ4v) is 2.69. The van der Waals surface area contributed by atoms with Crippen LogP contribution in [-0.4, -0.2) is 28.6 Å². The largest absolute Gasteiger partial charge is 0.478 e. The van der Waals surface area contributed by atoms with Gasteiger partial charge in [-0.2, -0.15) is 0 Å². The monoisotopic (exact) mass is 248 g/mol. The number of carboxylic acid groups (broad SMARTS) is 1. The third-order valence-corrected chi connectivity index (χ3v) is 3.55. The van der Waals surface area contributed by atoms with E-state index in [1.54, 1.807) is 12.1 Å². The zero-order valence-electron chi connectivity index (χ0n) is 11.2. The summed E-state index contributed by atoms with van der Waals surface area (Å²) in [6.07, 6.45) is 2.32. The minimum absolute atomic E-state index is 0.326. The molecule has 4 heteroatoms. The van der Waals surface area contributed by atoms with Crippen LogP contribution in [0.25, 0.3) is 0 Å². The summed E-state index contributed by atoms with van der Waals surface area (Å²) in [5, 5.41) is 9.11.